The first-order chi connectivity index (χ1) is 19.8. The SMILES string of the molecule is O=C(O)N[C@H](CF)[C@H]1CC[C@H](C(=O)N2CC[C@@H](N3CCCCC3)[C@H]2C(=O)Nc2ccc(-c3nc(=O)o[nH]3)cc2)CC1. The fourth-order valence-corrected chi connectivity index (χ4v) is 6.70. The molecule has 2 aromatic rings. The van der Waals surface area contributed by atoms with Gasteiger partial charge in [0.2, 0.25) is 11.8 Å². The van der Waals surface area contributed by atoms with Gasteiger partial charge in [-0.1, -0.05) is 6.42 Å². The largest absolute Gasteiger partial charge is 0.465 e. The third-order valence-corrected chi connectivity index (χ3v) is 8.81. The fourth-order valence-electron chi connectivity index (χ4n) is 6.70. The van der Waals surface area contributed by atoms with Gasteiger partial charge in [0.1, 0.15) is 12.7 Å². The van der Waals surface area contributed by atoms with E-state index in [1.807, 2.05) is 0 Å². The summed E-state index contributed by atoms with van der Waals surface area (Å²) in [5.41, 5.74) is 1.19. The van der Waals surface area contributed by atoms with E-state index in [4.69, 9.17) is 5.11 Å². The standard InChI is InChI=1S/C28H37FN6O6/c29-16-21(31-27(38)39)17-4-6-19(7-5-17)26(37)35-15-12-22(34-13-2-1-3-14-34)23(35)25(36)30-20-10-8-18(9-11-20)24-32-28(40)41-33-24/h8-11,17,19,21-23,31H,1-7,12-16H2,(H,30,36)(H,38,39)(H,32,33,40)/t17-,19-,21-,22-,23+/m1/s1. The lowest BCUT2D eigenvalue weighted by Crippen LogP contribution is -2.55. The molecule has 1 aromatic carbocycles. The molecule has 3 atom stereocenters. The second kappa shape index (κ2) is 12.8. The van der Waals surface area contributed by atoms with Gasteiger partial charge in [0.25, 0.3) is 0 Å². The van der Waals surface area contributed by atoms with E-state index in [1.165, 1.54) is 0 Å². The first kappa shape index (κ1) is 28.8. The Morgan fingerprint density at radius 3 is 2.37 bits per heavy atom. The second-order valence-corrected chi connectivity index (χ2v) is 11.2. The van der Waals surface area contributed by atoms with Crippen LogP contribution in [-0.2, 0) is 9.59 Å². The Morgan fingerprint density at radius 2 is 1.76 bits per heavy atom. The van der Waals surface area contributed by atoms with Crippen LogP contribution in [0.5, 0.6) is 0 Å². The highest BCUT2D eigenvalue weighted by molar-refractivity contribution is 5.98. The molecule has 0 radical (unpaired) electrons. The Morgan fingerprint density at radius 1 is 1.05 bits per heavy atom. The number of carboxylic acid groups (broad SMARTS) is 1. The number of hydrogen-bond donors (Lipinski definition) is 4. The Hall–Kier alpha value is -3.74. The Balaban J connectivity index is 1.28. The number of H-pyrrole nitrogens is 1. The van der Waals surface area contributed by atoms with Crippen molar-refractivity contribution in [3.63, 3.8) is 0 Å². The number of rotatable bonds is 8. The predicted octanol–water partition coefficient (Wildman–Crippen LogP) is 2.84. The van der Waals surface area contributed by atoms with Crippen LogP contribution >= 0.6 is 0 Å². The van der Waals surface area contributed by atoms with Gasteiger partial charge >= 0.3 is 11.8 Å². The molecule has 4 N–H and O–H groups in total. The van der Waals surface area contributed by atoms with Crippen molar-refractivity contribution in [3.8, 4) is 11.4 Å². The van der Waals surface area contributed by atoms with Crippen molar-refractivity contribution in [1.82, 2.24) is 25.3 Å². The molecule has 3 aliphatic rings. The van der Waals surface area contributed by atoms with E-state index >= 15 is 0 Å². The van der Waals surface area contributed by atoms with Gasteiger partial charge in [-0.2, -0.15) is 10.1 Å². The van der Waals surface area contributed by atoms with Crippen LogP contribution in [0.2, 0.25) is 0 Å². The molecule has 0 spiro atoms. The Bertz CT molecular complexity index is 1270. The minimum atomic E-state index is -1.25. The van der Waals surface area contributed by atoms with Crippen LogP contribution in [0.1, 0.15) is 51.4 Å². The fraction of sp³-hybridized carbons (Fsp3) is 0.607. The van der Waals surface area contributed by atoms with Crippen molar-refractivity contribution < 1.29 is 28.4 Å². The Labute approximate surface area is 236 Å². The molecule has 0 unspecified atom stereocenters. The number of anilines is 1. The van der Waals surface area contributed by atoms with Crippen molar-refractivity contribution >= 4 is 23.6 Å². The zero-order valence-corrected chi connectivity index (χ0v) is 22.9. The maximum Gasteiger partial charge on any atom is 0.460 e. The number of aromatic nitrogens is 2. The van der Waals surface area contributed by atoms with Gasteiger partial charge in [0, 0.05) is 29.8 Å². The number of alkyl halides is 1. The number of carbonyl (C=O) groups excluding carboxylic acids is 2. The molecule has 0 bridgehead atoms. The molecule has 1 saturated carbocycles. The van der Waals surface area contributed by atoms with Crippen LogP contribution in [0.4, 0.5) is 14.9 Å². The summed E-state index contributed by atoms with van der Waals surface area (Å²) in [7, 11) is 0. The summed E-state index contributed by atoms with van der Waals surface area (Å²) in [6, 6.07) is 5.36. The van der Waals surface area contributed by atoms with E-state index in [9.17, 15) is 23.6 Å². The first-order valence-corrected chi connectivity index (χ1v) is 14.4. The summed E-state index contributed by atoms with van der Waals surface area (Å²) in [5, 5.41) is 16.7. The minimum absolute atomic E-state index is 0.0589. The summed E-state index contributed by atoms with van der Waals surface area (Å²) < 4.78 is 18.1. The van der Waals surface area contributed by atoms with Crippen LogP contribution in [-0.4, -0.2) is 87.4 Å². The van der Waals surface area contributed by atoms with Gasteiger partial charge < -0.3 is 25.2 Å². The first-order valence-electron chi connectivity index (χ1n) is 14.4. The second-order valence-electron chi connectivity index (χ2n) is 11.2. The van der Waals surface area contributed by atoms with Crippen LogP contribution in [0.3, 0.4) is 0 Å². The average molecular weight is 573 g/mol. The molecular weight excluding hydrogens is 535 g/mol. The van der Waals surface area contributed by atoms with E-state index in [-0.39, 0.29) is 35.5 Å². The molecular formula is C28H37FN6O6. The number of amides is 3. The van der Waals surface area contributed by atoms with Gasteiger partial charge in [-0.05, 0) is 88.2 Å². The lowest BCUT2D eigenvalue weighted by molar-refractivity contribution is -0.142. The molecule has 13 heteroatoms. The van der Waals surface area contributed by atoms with Crippen molar-refractivity contribution in [2.45, 2.75) is 69.5 Å². The van der Waals surface area contributed by atoms with E-state index in [0.717, 1.165) is 32.4 Å². The van der Waals surface area contributed by atoms with Crippen molar-refractivity contribution in [1.29, 1.82) is 0 Å². The molecule has 2 aliphatic heterocycles. The highest BCUT2D eigenvalue weighted by Gasteiger charge is 2.46. The van der Waals surface area contributed by atoms with E-state index < -0.39 is 30.6 Å². The van der Waals surface area contributed by atoms with Gasteiger partial charge in [0.05, 0.1) is 6.04 Å². The lowest BCUT2D eigenvalue weighted by Gasteiger charge is -2.38. The normalized spacial score (nSPS) is 25.9. The molecule has 2 saturated heterocycles. The molecule has 1 aromatic heterocycles. The average Bonchev–Trinajstić information content (AvgIpc) is 3.63. The summed E-state index contributed by atoms with van der Waals surface area (Å²) in [5.74, 6) is -1.17. The van der Waals surface area contributed by atoms with E-state index in [1.54, 1.807) is 29.2 Å². The van der Waals surface area contributed by atoms with Gasteiger partial charge in [-0.15, -0.1) is 0 Å². The van der Waals surface area contributed by atoms with E-state index in [0.29, 0.717) is 49.9 Å². The van der Waals surface area contributed by atoms with Crippen molar-refractivity contribution in [3.05, 3.63) is 34.8 Å². The topological polar surface area (TPSA) is 161 Å². The number of halogens is 1. The van der Waals surface area contributed by atoms with Crippen LogP contribution < -0.4 is 16.4 Å². The molecule has 3 amide bonds. The summed E-state index contributed by atoms with van der Waals surface area (Å²) >= 11 is 0. The number of carbonyl (C=O) groups is 3. The highest BCUT2D eigenvalue weighted by atomic mass is 19.1. The molecule has 3 heterocycles. The predicted molar refractivity (Wildman–Crippen MR) is 147 cm³/mol. The number of benzene rings is 1. The number of piperidine rings is 1. The molecule has 12 nitrogen and oxygen atoms in total. The zero-order chi connectivity index (χ0) is 28.9. The van der Waals surface area contributed by atoms with Gasteiger partial charge in [-0.3, -0.25) is 14.5 Å². The minimum Gasteiger partial charge on any atom is -0.465 e. The van der Waals surface area contributed by atoms with Crippen molar-refractivity contribution in [2.75, 3.05) is 31.6 Å². The molecule has 1 aliphatic carbocycles. The number of likely N-dealkylation sites (tertiary alicyclic amines) is 2. The smallest absolute Gasteiger partial charge is 0.460 e. The Kier molecular flexibility index (Phi) is 9.01. The van der Waals surface area contributed by atoms with Crippen molar-refractivity contribution in [2.24, 2.45) is 11.8 Å². The van der Waals surface area contributed by atoms with Crippen LogP contribution in [0.15, 0.2) is 33.6 Å². The maximum absolute atomic E-state index is 13.8. The monoisotopic (exact) mass is 572 g/mol. The number of nitrogens with zero attached hydrogens (tertiary/aromatic N) is 3. The highest BCUT2D eigenvalue weighted by Crippen LogP contribution is 2.35. The van der Waals surface area contributed by atoms with Crippen LogP contribution in [0, 0.1) is 11.8 Å². The maximum atomic E-state index is 13.8. The zero-order valence-electron chi connectivity index (χ0n) is 22.9. The summed E-state index contributed by atoms with van der Waals surface area (Å²) in [6.45, 7) is 1.50. The summed E-state index contributed by atoms with van der Waals surface area (Å²) in [6.07, 6.45) is 4.92. The molecule has 222 valence electrons. The lowest BCUT2D eigenvalue weighted by atomic mass is 9.78. The molecule has 5 rings (SSSR count). The summed E-state index contributed by atoms with van der Waals surface area (Å²) in [4.78, 5) is 57.7. The third kappa shape index (κ3) is 6.61. The van der Waals surface area contributed by atoms with Crippen LogP contribution in [0.25, 0.3) is 11.4 Å². The number of aromatic amines is 1. The number of nitrogens with one attached hydrogen (secondary N) is 3. The van der Waals surface area contributed by atoms with Gasteiger partial charge in [-0.25, -0.2) is 14.0 Å². The number of hydrogen-bond acceptors (Lipinski definition) is 7. The van der Waals surface area contributed by atoms with Gasteiger partial charge in [0.15, 0.2) is 5.82 Å². The molecule has 3 fully saturated rings. The quantitative estimate of drug-likeness (QED) is 0.376. The molecule has 41 heavy (non-hydrogen) atoms. The van der Waals surface area contributed by atoms with E-state index in [2.05, 4.69) is 30.2 Å². The third-order valence-electron chi connectivity index (χ3n) is 8.81.